The fourth-order valence-electron chi connectivity index (χ4n) is 2.83. The largest absolute Gasteiger partial charge is 0.351 e. The predicted octanol–water partition coefficient (Wildman–Crippen LogP) is 2.67. The van der Waals surface area contributed by atoms with E-state index < -0.39 is 0 Å². The Morgan fingerprint density at radius 2 is 1.70 bits per heavy atom. The molecule has 0 saturated heterocycles. The van der Waals surface area contributed by atoms with Crippen molar-refractivity contribution in [1.29, 1.82) is 0 Å². The number of nitrogens with one attached hydrogen (secondary N) is 2. The standard InChI is InChI=1S/C19H30N2O2/c1-18(2,3)15(12-13-22)21-17(23)16(20-6)19(4,5)14-10-8-7-9-11-14/h7-11,13,15-16,20H,12H2,1-6H3,(H,21,23)/t15-,16?/m1/s1. The normalized spacial score (nSPS) is 14.9. The summed E-state index contributed by atoms with van der Waals surface area (Å²) in [4.78, 5) is 23.8. The first-order chi connectivity index (χ1) is 10.6. The second-order valence-electron chi connectivity index (χ2n) is 7.64. The Morgan fingerprint density at radius 3 is 2.13 bits per heavy atom. The van der Waals surface area contributed by atoms with Crippen LogP contribution in [0.4, 0.5) is 0 Å². The third-order valence-corrected chi connectivity index (χ3v) is 4.48. The highest BCUT2D eigenvalue weighted by Crippen LogP contribution is 2.28. The first kappa shape index (κ1) is 19.4. The summed E-state index contributed by atoms with van der Waals surface area (Å²) in [5, 5.41) is 6.19. The van der Waals surface area contributed by atoms with E-state index in [9.17, 15) is 9.59 Å². The van der Waals surface area contributed by atoms with Gasteiger partial charge in [0, 0.05) is 17.9 Å². The van der Waals surface area contributed by atoms with Crippen molar-refractivity contribution in [2.24, 2.45) is 5.41 Å². The molecule has 2 N–H and O–H groups in total. The van der Waals surface area contributed by atoms with Gasteiger partial charge in [0.25, 0.3) is 0 Å². The Labute approximate surface area is 140 Å². The predicted molar refractivity (Wildman–Crippen MR) is 94.4 cm³/mol. The van der Waals surface area contributed by atoms with Crippen molar-refractivity contribution in [2.75, 3.05) is 7.05 Å². The van der Waals surface area contributed by atoms with E-state index in [1.165, 1.54) is 0 Å². The van der Waals surface area contributed by atoms with Crippen molar-refractivity contribution in [3.8, 4) is 0 Å². The van der Waals surface area contributed by atoms with Gasteiger partial charge in [-0.1, -0.05) is 65.0 Å². The van der Waals surface area contributed by atoms with Crippen LogP contribution in [-0.2, 0) is 15.0 Å². The lowest BCUT2D eigenvalue weighted by Gasteiger charge is -2.37. The highest BCUT2D eigenvalue weighted by molar-refractivity contribution is 5.84. The van der Waals surface area contributed by atoms with Gasteiger partial charge in [-0.15, -0.1) is 0 Å². The molecule has 4 heteroatoms. The molecule has 23 heavy (non-hydrogen) atoms. The van der Waals surface area contributed by atoms with E-state index in [0.717, 1.165) is 11.8 Å². The molecule has 0 radical (unpaired) electrons. The molecule has 1 aromatic rings. The summed E-state index contributed by atoms with van der Waals surface area (Å²) < 4.78 is 0. The summed E-state index contributed by atoms with van der Waals surface area (Å²) in [6.07, 6.45) is 1.18. The van der Waals surface area contributed by atoms with Crippen molar-refractivity contribution < 1.29 is 9.59 Å². The zero-order chi connectivity index (χ0) is 17.7. The van der Waals surface area contributed by atoms with Crippen LogP contribution in [0.1, 0.15) is 46.6 Å². The number of rotatable bonds is 7. The van der Waals surface area contributed by atoms with Crippen LogP contribution >= 0.6 is 0 Å². The van der Waals surface area contributed by atoms with Crippen molar-refractivity contribution in [3.05, 3.63) is 35.9 Å². The SMILES string of the molecule is CNC(C(=O)N[C@H](CC=O)C(C)(C)C)C(C)(C)c1ccccc1. The van der Waals surface area contributed by atoms with Crippen molar-refractivity contribution in [2.45, 2.75) is 58.5 Å². The number of carbonyl (C=O) groups excluding carboxylic acids is 2. The number of hydrogen-bond donors (Lipinski definition) is 2. The van der Waals surface area contributed by atoms with E-state index in [0.29, 0.717) is 6.42 Å². The number of hydrogen-bond acceptors (Lipinski definition) is 3. The van der Waals surface area contributed by atoms with Crippen LogP contribution in [0.5, 0.6) is 0 Å². The molecule has 4 nitrogen and oxygen atoms in total. The molecule has 0 spiro atoms. The molecule has 0 bridgehead atoms. The molecular formula is C19H30N2O2. The van der Waals surface area contributed by atoms with Crippen molar-refractivity contribution in [1.82, 2.24) is 10.6 Å². The van der Waals surface area contributed by atoms with E-state index in [1.807, 2.05) is 51.1 Å². The zero-order valence-corrected chi connectivity index (χ0v) is 15.1. The van der Waals surface area contributed by atoms with Crippen LogP contribution in [0.25, 0.3) is 0 Å². The Balaban J connectivity index is 3.00. The molecule has 0 aliphatic heterocycles. The van der Waals surface area contributed by atoms with Gasteiger partial charge in [0.2, 0.25) is 5.91 Å². The average Bonchev–Trinajstić information content (AvgIpc) is 2.47. The number of carbonyl (C=O) groups is 2. The van der Waals surface area contributed by atoms with Gasteiger partial charge in [-0.25, -0.2) is 0 Å². The summed E-state index contributed by atoms with van der Waals surface area (Å²) in [5.74, 6) is -0.0804. The highest BCUT2D eigenvalue weighted by atomic mass is 16.2. The van der Waals surface area contributed by atoms with Gasteiger partial charge in [0.15, 0.2) is 0 Å². The lowest BCUT2D eigenvalue weighted by atomic mass is 9.76. The molecule has 0 aliphatic rings. The fraction of sp³-hybridized carbons (Fsp3) is 0.579. The van der Waals surface area contributed by atoms with E-state index in [2.05, 4.69) is 24.5 Å². The molecule has 1 unspecified atom stereocenters. The third kappa shape index (κ3) is 4.90. The minimum atomic E-state index is -0.388. The topological polar surface area (TPSA) is 58.2 Å². The van der Waals surface area contributed by atoms with Gasteiger partial charge < -0.3 is 15.4 Å². The summed E-state index contributed by atoms with van der Waals surface area (Å²) >= 11 is 0. The van der Waals surface area contributed by atoms with Gasteiger partial charge in [0.1, 0.15) is 6.29 Å². The van der Waals surface area contributed by atoms with E-state index >= 15 is 0 Å². The van der Waals surface area contributed by atoms with Crippen LogP contribution in [0.2, 0.25) is 0 Å². The van der Waals surface area contributed by atoms with Crippen LogP contribution in [0.3, 0.4) is 0 Å². The second kappa shape index (κ2) is 7.73. The van der Waals surface area contributed by atoms with Gasteiger partial charge in [-0.05, 0) is 18.0 Å². The maximum Gasteiger partial charge on any atom is 0.238 e. The lowest BCUT2D eigenvalue weighted by molar-refractivity contribution is -0.126. The van der Waals surface area contributed by atoms with Gasteiger partial charge >= 0.3 is 0 Å². The molecule has 0 saturated carbocycles. The Kier molecular flexibility index (Phi) is 6.51. The minimum absolute atomic E-state index is 0.0804. The van der Waals surface area contributed by atoms with Crippen LogP contribution < -0.4 is 10.6 Å². The minimum Gasteiger partial charge on any atom is -0.351 e. The van der Waals surface area contributed by atoms with E-state index in [1.54, 1.807) is 7.05 Å². The van der Waals surface area contributed by atoms with Gasteiger partial charge in [-0.2, -0.15) is 0 Å². The number of benzene rings is 1. The number of aldehydes is 1. The summed E-state index contributed by atoms with van der Waals surface area (Å²) in [7, 11) is 1.79. The van der Waals surface area contributed by atoms with Crippen molar-refractivity contribution >= 4 is 12.2 Å². The molecule has 1 rings (SSSR count). The van der Waals surface area contributed by atoms with Gasteiger partial charge in [0.05, 0.1) is 6.04 Å². The second-order valence-corrected chi connectivity index (χ2v) is 7.64. The molecule has 0 fully saturated rings. The molecule has 0 aliphatic carbocycles. The van der Waals surface area contributed by atoms with Crippen LogP contribution in [-0.4, -0.2) is 31.3 Å². The first-order valence-electron chi connectivity index (χ1n) is 8.11. The average molecular weight is 318 g/mol. The smallest absolute Gasteiger partial charge is 0.238 e. The Hall–Kier alpha value is -1.68. The Morgan fingerprint density at radius 1 is 1.13 bits per heavy atom. The number of likely N-dealkylation sites (N-methyl/N-ethyl adjacent to an activating group) is 1. The lowest BCUT2D eigenvalue weighted by Crippen LogP contribution is -2.57. The zero-order valence-electron chi connectivity index (χ0n) is 15.1. The van der Waals surface area contributed by atoms with Crippen LogP contribution in [0, 0.1) is 5.41 Å². The molecule has 1 aromatic carbocycles. The third-order valence-electron chi connectivity index (χ3n) is 4.48. The van der Waals surface area contributed by atoms with E-state index in [4.69, 9.17) is 0 Å². The number of amides is 1. The highest BCUT2D eigenvalue weighted by Gasteiger charge is 2.37. The maximum absolute atomic E-state index is 12.8. The van der Waals surface area contributed by atoms with E-state index in [-0.39, 0.29) is 28.8 Å². The maximum atomic E-state index is 12.8. The summed E-state index contributed by atoms with van der Waals surface area (Å²) in [6, 6.07) is 9.41. The monoisotopic (exact) mass is 318 g/mol. The molecule has 2 atom stereocenters. The summed E-state index contributed by atoms with van der Waals surface area (Å²) in [6.45, 7) is 10.2. The molecular weight excluding hydrogens is 288 g/mol. The molecule has 1 amide bonds. The fourth-order valence-corrected chi connectivity index (χ4v) is 2.83. The Bertz CT molecular complexity index is 518. The van der Waals surface area contributed by atoms with Gasteiger partial charge in [-0.3, -0.25) is 4.79 Å². The van der Waals surface area contributed by atoms with Crippen molar-refractivity contribution in [3.63, 3.8) is 0 Å². The quantitative estimate of drug-likeness (QED) is 0.760. The molecule has 0 aromatic heterocycles. The molecule has 0 heterocycles. The summed E-state index contributed by atoms with van der Waals surface area (Å²) in [5.41, 5.74) is 0.548. The first-order valence-corrected chi connectivity index (χ1v) is 8.11. The molecule has 128 valence electrons. The van der Waals surface area contributed by atoms with Crippen LogP contribution in [0.15, 0.2) is 30.3 Å².